The fourth-order valence-electron chi connectivity index (χ4n) is 3.00. The first-order valence-corrected chi connectivity index (χ1v) is 10.2. The molecule has 0 atom stereocenters. The molecular weight excluding hydrogens is 372 g/mol. The van der Waals surface area contributed by atoms with Crippen molar-refractivity contribution < 1.29 is 9.47 Å². The third-order valence-corrected chi connectivity index (χ3v) is 4.98. The summed E-state index contributed by atoms with van der Waals surface area (Å²) in [4.78, 5) is 8.72. The number of hydrogen-bond donors (Lipinski definition) is 1. The molecule has 0 aliphatic carbocycles. The molecule has 1 aromatic carbocycles. The molecule has 0 radical (unpaired) electrons. The maximum atomic E-state index is 6.08. The summed E-state index contributed by atoms with van der Waals surface area (Å²) in [6.07, 6.45) is 5.12. The van der Waals surface area contributed by atoms with Gasteiger partial charge in [0.25, 0.3) is 0 Å². The van der Waals surface area contributed by atoms with E-state index < -0.39 is 0 Å². The second-order valence-corrected chi connectivity index (χ2v) is 7.69. The monoisotopic (exact) mass is 394 g/mol. The maximum Gasteiger partial charge on any atom is 0.151 e. The van der Waals surface area contributed by atoms with E-state index in [1.54, 1.807) is 17.5 Å². The predicted octanol–water partition coefficient (Wildman–Crippen LogP) is 4.41. The molecular formula is C21H22N4O2S. The summed E-state index contributed by atoms with van der Waals surface area (Å²) in [5, 5.41) is 11.7. The highest BCUT2D eigenvalue weighted by molar-refractivity contribution is 7.09. The molecule has 0 bridgehead atoms. The summed E-state index contributed by atoms with van der Waals surface area (Å²) in [5.74, 6) is 1.49. The van der Waals surface area contributed by atoms with Gasteiger partial charge >= 0.3 is 0 Å². The van der Waals surface area contributed by atoms with Crippen LogP contribution in [-0.2, 0) is 12.8 Å². The number of nitrogens with zero attached hydrogens (tertiary/aromatic N) is 3. The number of ether oxygens (including phenoxy) is 2. The topological polar surface area (TPSA) is 72.9 Å². The van der Waals surface area contributed by atoms with Gasteiger partial charge in [0.15, 0.2) is 5.75 Å². The minimum absolute atomic E-state index is 0.0770. The first kappa shape index (κ1) is 18.4. The van der Waals surface area contributed by atoms with Crippen LogP contribution in [0.3, 0.4) is 0 Å². The number of thiazole rings is 1. The number of rotatable bonds is 8. The Hall–Kier alpha value is -2.93. The highest BCUT2D eigenvalue weighted by Gasteiger charge is 2.15. The van der Waals surface area contributed by atoms with Crippen molar-refractivity contribution in [3.8, 4) is 11.5 Å². The van der Waals surface area contributed by atoms with Gasteiger partial charge in [0, 0.05) is 47.8 Å². The molecule has 0 fully saturated rings. The Morgan fingerprint density at radius 1 is 1.14 bits per heavy atom. The standard InChI is InChI=1S/C21H22N4O2S/c1-14(2)27-16-11-17-18(13-20-23-8-10-28-20)24-25-21(17)19(12-16)26-9-6-15-5-3-4-7-22-15/h3-5,7-8,10-12,14H,6,9,13H2,1-2H3,(H,24,25). The number of fused-ring (bicyclic) bond motifs is 1. The minimum atomic E-state index is 0.0770. The van der Waals surface area contributed by atoms with Crippen molar-refractivity contribution in [3.05, 3.63) is 64.5 Å². The summed E-state index contributed by atoms with van der Waals surface area (Å²) in [7, 11) is 0. The van der Waals surface area contributed by atoms with Crippen LogP contribution in [0.25, 0.3) is 10.9 Å². The second-order valence-electron chi connectivity index (χ2n) is 6.71. The van der Waals surface area contributed by atoms with Crippen molar-refractivity contribution in [2.75, 3.05) is 6.61 Å². The normalized spacial score (nSPS) is 11.2. The van der Waals surface area contributed by atoms with Gasteiger partial charge in [-0.05, 0) is 32.0 Å². The number of aromatic amines is 1. The van der Waals surface area contributed by atoms with Crippen LogP contribution in [-0.4, -0.2) is 32.9 Å². The Morgan fingerprint density at radius 2 is 2.07 bits per heavy atom. The van der Waals surface area contributed by atoms with Crippen molar-refractivity contribution in [2.45, 2.75) is 32.8 Å². The molecule has 0 amide bonds. The average Bonchev–Trinajstić information content (AvgIpc) is 3.33. The van der Waals surface area contributed by atoms with Crippen LogP contribution in [0, 0.1) is 0 Å². The largest absolute Gasteiger partial charge is 0.491 e. The third kappa shape index (κ3) is 4.31. The number of nitrogens with one attached hydrogen (secondary N) is 1. The number of aromatic nitrogens is 4. The summed E-state index contributed by atoms with van der Waals surface area (Å²) >= 11 is 1.63. The second kappa shape index (κ2) is 8.39. The lowest BCUT2D eigenvalue weighted by Crippen LogP contribution is -2.07. The van der Waals surface area contributed by atoms with Crippen LogP contribution >= 0.6 is 11.3 Å². The summed E-state index contributed by atoms with van der Waals surface area (Å²) < 4.78 is 12.0. The lowest BCUT2D eigenvalue weighted by atomic mass is 10.1. The number of hydrogen-bond acceptors (Lipinski definition) is 6. The van der Waals surface area contributed by atoms with Crippen LogP contribution in [0.2, 0.25) is 0 Å². The van der Waals surface area contributed by atoms with Gasteiger partial charge in [0.1, 0.15) is 11.3 Å². The van der Waals surface area contributed by atoms with Gasteiger partial charge in [0.05, 0.1) is 23.4 Å². The Labute approximate surface area is 167 Å². The van der Waals surface area contributed by atoms with E-state index in [4.69, 9.17) is 9.47 Å². The molecule has 3 heterocycles. The molecule has 0 saturated heterocycles. The maximum absolute atomic E-state index is 6.08. The molecule has 0 aliphatic rings. The van der Waals surface area contributed by atoms with Gasteiger partial charge in [0.2, 0.25) is 0 Å². The fraction of sp³-hybridized carbons (Fsp3) is 0.286. The van der Waals surface area contributed by atoms with E-state index in [1.807, 2.05) is 55.8 Å². The minimum Gasteiger partial charge on any atom is -0.491 e. The predicted molar refractivity (Wildman–Crippen MR) is 110 cm³/mol. The van der Waals surface area contributed by atoms with Gasteiger partial charge in [-0.15, -0.1) is 11.3 Å². The van der Waals surface area contributed by atoms with E-state index in [1.165, 1.54) is 0 Å². The van der Waals surface area contributed by atoms with Gasteiger partial charge in [-0.2, -0.15) is 5.10 Å². The number of pyridine rings is 1. The van der Waals surface area contributed by atoms with E-state index in [-0.39, 0.29) is 6.10 Å². The van der Waals surface area contributed by atoms with Crippen LogP contribution in [0.15, 0.2) is 48.1 Å². The Kier molecular flexibility index (Phi) is 5.53. The van der Waals surface area contributed by atoms with Crippen LogP contribution in [0.1, 0.15) is 30.2 Å². The highest BCUT2D eigenvalue weighted by Crippen LogP contribution is 2.33. The van der Waals surface area contributed by atoms with Crippen LogP contribution in [0.5, 0.6) is 11.5 Å². The number of benzene rings is 1. The zero-order valence-electron chi connectivity index (χ0n) is 15.9. The molecule has 144 valence electrons. The summed E-state index contributed by atoms with van der Waals surface area (Å²) in [5.41, 5.74) is 2.82. The molecule has 1 N–H and O–H groups in total. The van der Waals surface area contributed by atoms with Crippen molar-refractivity contribution >= 4 is 22.2 Å². The molecule has 0 saturated carbocycles. The molecule has 0 aliphatic heterocycles. The van der Waals surface area contributed by atoms with Crippen molar-refractivity contribution in [3.63, 3.8) is 0 Å². The zero-order valence-corrected chi connectivity index (χ0v) is 16.7. The lowest BCUT2D eigenvalue weighted by molar-refractivity contribution is 0.240. The smallest absolute Gasteiger partial charge is 0.151 e. The van der Waals surface area contributed by atoms with E-state index in [0.29, 0.717) is 18.8 Å². The fourth-order valence-corrected chi connectivity index (χ4v) is 3.63. The summed E-state index contributed by atoms with van der Waals surface area (Å²) in [6, 6.07) is 9.82. The van der Waals surface area contributed by atoms with E-state index in [9.17, 15) is 0 Å². The lowest BCUT2D eigenvalue weighted by Gasteiger charge is -2.13. The zero-order chi connectivity index (χ0) is 19.3. The van der Waals surface area contributed by atoms with Gasteiger partial charge < -0.3 is 9.47 Å². The van der Waals surface area contributed by atoms with Gasteiger partial charge in [-0.3, -0.25) is 10.1 Å². The SMILES string of the molecule is CC(C)Oc1cc(OCCc2ccccn2)c2n[nH]c(Cc3nccs3)c2c1. The molecule has 7 heteroatoms. The van der Waals surface area contributed by atoms with Crippen LogP contribution in [0.4, 0.5) is 0 Å². The third-order valence-electron chi connectivity index (χ3n) is 4.20. The van der Waals surface area contributed by atoms with Gasteiger partial charge in [-0.1, -0.05) is 6.07 Å². The Morgan fingerprint density at radius 3 is 2.82 bits per heavy atom. The summed E-state index contributed by atoms with van der Waals surface area (Å²) in [6.45, 7) is 4.54. The molecule has 6 nitrogen and oxygen atoms in total. The van der Waals surface area contributed by atoms with E-state index >= 15 is 0 Å². The molecule has 4 rings (SSSR count). The molecule has 28 heavy (non-hydrogen) atoms. The highest BCUT2D eigenvalue weighted by atomic mass is 32.1. The van der Waals surface area contributed by atoms with E-state index in [0.717, 1.165) is 39.5 Å². The molecule has 0 spiro atoms. The number of H-pyrrole nitrogens is 1. The van der Waals surface area contributed by atoms with Gasteiger partial charge in [-0.25, -0.2) is 4.98 Å². The molecule has 0 unspecified atom stereocenters. The quantitative estimate of drug-likeness (QED) is 0.479. The Bertz CT molecular complexity index is 1030. The van der Waals surface area contributed by atoms with Crippen molar-refractivity contribution in [1.29, 1.82) is 0 Å². The van der Waals surface area contributed by atoms with Crippen LogP contribution < -0.4 is 9.47 Å². The van der Waals surface area contributed by atoms with Crippen molar-refractivity contribution in [2.24, 2.45) is 0 Å². The molecule has 3 aromatic heterocycles. The first-order valence-electron chi connectivity index (χ1n) is 9.28. The first-order chi connectivity index (χ1) is 13.7. The average molecular weight is 395 g/mol. The van der Waals surface area contributed by atoms with E-state index in [2.05, 4.69) is 20.2 Å². The molecule has 4 aromatic rings. The van der Waals surface area contributed by atoms with Crippen molar-refractivity contribution in [1.82, 2.24) is 20.2 Å². The Balaban J connectivity index is 1.60.